The molecule has 0 amide bonds. The zero-order valence-electron chi connectivity index (χ0n) is 17.3. The first kappa shape index (κ1) is 21.1. The smallest absolute Gasteiger partial charge is 0.340 e. The highest BCUT2D eigenvalue weighted by atomic mass is 16.5. The van der Waals surface area contributed by atoms with Crippen LogP contribution in [0.15, 0.2) is 73.3 Å². The van der Waals surface area contributed by atoms with Crippen LogP contribution in [-0.4, -0.2) is 30.7 Å². The molecule has 0 fully saturated rings. The van der Waals surface area contributed by atoms with E-state index in [9.17, 15) is 9.59 Å². The van der Waals surface area contributed by atoms with Gasteiger partial charge in [0.25, 0.3) is 0 Å². The molecule has 0 aliphatic heterocycles. The maximum absolute atomic E-state index is 12.9. The average molecular weight is 403 g/mol. The Morgan fingerprint density at radius 1 is 0.900 bits per heavy atom. The van der Waals surface area contributed by atoms with E-state index < -0.39 is 11.9 Å². The fourth-order valence-corrected chi connectivity index (χ4v) is 3.63. The fraction of sp³-hybridized carbons (Fsp3) is 0.200. The summed E-state index contributed by atoms with van der Waals surface area (Å²) < 4.78 is 12.1. The first-order chi connectivity index (χ1) is 14.6. The second kappa shape index (κ2) is 9.74. The summed E-state index contributed by atoms with van der Waals surface area (Å²) in [6.07, 6.45) is 3.98. The summed E-state index contributed by atoms with van der Waals surface area (Å²) in [5.41, 5.74) is 3.45. The van der Waals surface area contributed by atoms with Crippen molar-refractivity contribution in [2.75, 3.05) is 14.2 Å². The monoisotopic (exact) mass is 403 g/mol. The Hall–Kier alpha value is -3.60. The molecule has 0 spiro atoms. The van der Waals surface area contributed by atoms with Crippen LogP contribution in [-0.2, 0) is 15.9 Å². The number of nitrogens with zero attached hydrogens (tertiary/aromatic N) is 1. The van der Waals surface area contributed by atoms with E-state index in [1.54, 1.807) is 0 Å². The van der Waals surface area contributed by atoms with Gasteiger partial charge in [0.2, 0.25) is 0 Å². The van der Waals surface area contributed by atoms with Crippen molar-refractivity contribution in [1.29, 1.82) is 0 Å². The summed E-state index contributed by atoms with van der Waals surface area (Å²) in [5, 5.41) is 0. The van der Waals surface area contributed by atoms with Crippen molar-refractivity contribution < 1.29 is 19.1 Å². The van der Waals surface area contributed by atoms with Gasteiger partial charge in [0.15, 0.2) is 0 Å². The molecule has 0 saturated carbocycles. The van der Waals surface area contributed by atoms with Crippen LogP contribution >= 0.6 is 0 Å². The maximum atomic E-state index is 12.9. The lowest BCUT2D eigenvalue weighted by atomic mass is 10.0. The van der Waals surface area contributed by atoms with Gasteiger partial charge in [-0.15, -0.1) is 6.58 Å². The van der Waals surface area contributed by atoms with E-state index in [1.807, 2.05) is 71.3 Å². The van der Waals surface area contributed by atoms with Gasteiger partial charge in [-0.25, -0.2) is 9.59 Å². The summed E-state index contributed by atoms with van der Waals surface area (Å²) >= 11 is 0. The van der Waals surface area contributed by atoms with E-state index in [1.165, 1.54) is 14.2 Å². The standard InChI is InChI=1S/C25H25NO4/c1-4-5-8-17-20-21(24(27)29-2)22(25(28)30-3)23(18-13-9-6-10-14-18)26(20)19-15-11-7-12-16-19/h4,6-7,9-16H,1,5,8,17H2,2-3H3. The van der Waals surface area contributed by atoms with Crippen molar-refractivity contribution >= 4 is 11.9 Å². The largest absolute Gasteiger partial charge is 0.465 e. The number of ether oxygens (including phenoxy) is 2. The van der Waals surface area contributed by atoms with Gasteiger partial charge in [0.1, 0.15) is 5.56 Å². The Labute approximate surface area is 176 Å². The summed E-state index contributed by atoms with van der Waals surface area (Å²) in [6.45, 7) is 3.79. The van der Waals surface area contributed by atoms with Crippen LogP contribution in [0.2, 0.25) is 0 Å². The summed E-state index contributed by atoms with van der Waals surface area (Å²) in [7, 11) is 2.63. The summed E-state index contributed by atoms with van der Waals surface area (Å²) in [6, 6.07) is 19.2. The topological polar surface area (TPSA) is 57.5 Å². The SMILES string of the molecule is C=CCCCc1c(C(=O)OC)c(C(=O)OC)c(-c2ccccc2)n1-c1ccccc1. The van der Waals surface area contributed by atoms with Crippen LogP contribution in [0.1, 0.15) is 39.3 Å². The zero-order chi connectivity index (χ0) is 21.5. The van der Waals surface area contributed by atoms with Crippen molar-refractivity contribution in [3.05, 3.63) is 90.1 Å². The Balaban J connectivity index is 2.44. The molecular weight excluding hydrogens is 378 g/mol. The number of methoxy groups -OCH3 is 2. The van der Waals surface area contributed by atoms with E-state index in [0.717, 1.165) is 24.1 Å². The van der Waals surface area contributed by atoms with Crippen LogP contribution in [0.5, 0.6) is 0 Å². The predicted octanol–water partition coefficient (Wildman–Crippen LogP) is 5.23. The van der Waals surface area contributed by atoms with E-state index in [2.05, 4.69) is 6.58 Å². The molecular formula is C25H25NO4. The van der Waals surface area contributed by atoms with Gasteiger partial charge < -0.3 is 14.0 Å². The number of allylic oxidation sites excluding steroid dienone is 1. The second-order valence-electron chi connectivity index (χ2n) is 6.75. The number of unbranched alkanes of at least 4 members (excludes halogenated alkanes) is 1. The van der Waals surface area contributed by atoms with Gasteiger partial charge in [-0.05, 0) is 37.0 Å². The number of benzene rings is 2. The number of hydrogen-bond donors (Lipinski definition) is 0. The third-order valence-corrected chi connectivity index (χ3v) is 4.93. The first-order valence-corrected chi connectivity index (χ1v) is 9.80. The van der Waals surface area contributed by atoms with E-state index in [-0.39, 0.29) is 11.1 Å². The molecule has 1 heterocycles. The van der Waals surface area contributed by atoms with Crippen molar-refractivity contribution in [1.82, 2.24) is 4.57 Å². The molecule has 0 N–H and O–H groups in total. The van der Waals surface area contributed by atoms with Crippen molar-refractivity contribution in [3.63, 3.8) is 0 Å². The highest BCUT2D eigenvalue weighted by Gasteiger charge is 2.33. The molecule has 2 aromatic carbocycles. The maximum Gasteiger partial charge on any atom is 0.340 e. The van der Waals surface area contributed by atoms with Crippen LogP contribution in [0, 0.1) is 0 Å². The quantitative estimate of drug-likeness (QED) is 0.294. The molecule has 154 valence electrons. The minimum atomic E-state index is -0.575. The predicted molar refractivity (Wildman–Crippen MR) is 117 cm³/mol. The number of para-hydroxylation sites is 1. The van der Waals surface area contributed by atoms with Crippen LogP contribution < -0.4 is 0 Å². The lowest BCUT2D eigenvalue weighted by Crippen LogP contribution is -2.12. The van der Waals surface area contributed by atoms with Gasteiger partial charge in [-0.1, -0.05) is 54.6 Å². The molecule has 0 saturated heterocycles. The highest BCUT2D eigenvalue weighted by molar-refractivity contribution is 6.09. The second-order valence-corrected chi connectivity index (χ2v) is 6.75. The number of rotatable bonds is 8. The molecule has 0 radical (unpaired) electrons. The minimum absolute atomic E-state index is 0.216. The minimum Gasteiger partial charge on any atom is -0.465 e. The van der Waals surface area contributed by atoms with Crippen LogP contribution in [0.3, 0.4) is 0 Å². The van der Waals surface area contributed by atoms with Crippen LogP contribution in [0.25, 0.3) is 16.9 Å². The zero-order valence-corrected chi connectivity index (χ0v) is 17.3. The van der Waals surface area contributed by atoms with Gasteiger partial charge in [0.05, 0.1) is 25.5 Å². The Kier molecular flexibility index (Phi) is 6.86. The Bertz CT molecular complexity index is 1040. The van der Waals surface area contributed by atoms with Gasteiger partial charge in [-0.3, -0.25) is 0 Å². The van der Waals surface area contributed by atoms with Gasteiger partial charge in [0, 0.05) is 11.4 Å². The molecule has 0 unspecified atom stereocenters. The molecule has 5 heteroatoms. The molecule has 3 aromatic rings. The number of hydrogen-bond acceptors (Lipinski definition) is 4. The van der Waals surface area contributed by atoms with E-state index in [0.29, 0.717) is 17.8 Å². The number of aromatic nitrogens is 1. The van der Waals surface area contributed by atoms with Crippen molar-refractivity contribution in [2.24, 2.45) is 0 Å². The third-order valence-electron chi connectivity index (χ3n) is 4.93. The number of carbonyl (C=O) groups excluding carboxylic acids is 2. The van der Waals surface area contributed by atoms with Crippen LogP contribution in [0.4, 0.5) is 0 Å². The lowest BCUT2D eigenvalue weighted by Gasteiger charge is -2.15. The molecule has 0 aliphatic carbocycles. The molecule has 3 rings (SSSR count). The van der Waals surface area contributed by atoms with Gasteiger partial charge in [-0.2, -0.15) is 0 Å². The summed E-state index contributed by atoms with van der Waals surface area (Å²) in [4.78, 5) is 25.8. The normalized spacial score (nSPS) is 10.5. The van der Waals surface area contributed by atoms with E-state index >= 15 is 0 Å². The van der Waals surface area contributed by atoms with E-state index in [4.69, 9.17) is 9.47 Å². The molecule has 0 aliphatic rings. The molecule has 5 nitrogen and oxygen atoms in total. The average Bonchev–Trinajstić information content (AvgIpc) is 3.14. The lowest BCUT2D eigenvalue weighted by molar-refractivity contribution is 0.0556. The Morgan fingerprint density at radius 3 is 2.03 bits per heavy atom. The van der Waals surface area contributed by atoms with Gasteiger partial charge >= 0.3 is 11.9 Å². The Morgan fingerprint density at radius 2 is 1.47 bits per heavy atom. The third kappa shape index (κ3) is 4.06. The van der Waals surface area contributed by atoms with Crippen molar-refractivity contribution in [3.8, 4) is 16.9 Å². The number of esters is 2. The molecule has 0 bridgehead atoms. The summed E-state index contributed by atoms with van der Waals surface area (Å²) in [5.74, 6) is -1.13. The molecule has 1 aromatic heterocycles. The molecule has 30 heavy (non-hydrogen) atoms. The number of carbonyl (C=O) groups is 2. The highest BCUT2D eigenvalue weighted by Crippen LogP contribution is 2.36. The fourth-order valence-electron chi connectivity index (χ4n) is 3.63. The van der Waals surface area contributed by atoms with Crippen molar-refractivity contribution in [2.45, 2.75) is 19.3 Å². The first-order valence-electron chi connectivity index (χ1n) is 9.80. The molecule has 0 atom stereocenters.